The Labute approximate surface area is 147 Å². The van der Waals surface area contributed by atoms with Crippen LogP contribution in [0.25, 0.3) is 22.3 Å². The topological polar surface area (TPSA) is 30.2 Å². The minimum absolute atomic E-state index is 0.228. The highest BCUT2D eigenvalue weighted by Gasteiger charge is 2.30. The van der Waals surface area contributed by atoms with E-state index >= 15 is 0 Å². The fourth-order valence-electron chi connectivity index (χ4n) is 2.58. The molecule has 0 fully saturated rings. The normalized spacial score (nSPS) is 11.6. The fourth-order valence-corrected chi connectivity index (χ4v) is 2.73. The van der Waals surface area contributed by atoms with E-state index in [1.807, 2.05) is 0 Å². The van der Waals surface area contributed by atoms with Gasteiger partial charge in [-0.1, -0.05) is 24.3 Å². The summed E-state index contributed by atoms with van der Waals surface area (Å²) in [6.45, 7) is 1.65. The zero-order valence-electron chi connectivity index (χ0n) is 13.1. The summed E-state index contributed by atoms with van der Waals surface area (Å²) in [6.07, 6.45) is -4.43. The number of hydrogen-bond donors (Lipinski definition) is 1. The first kappa shape index (κ1) is 17.4. The monoisotopic (exact) mass is 362 g/mol. The largest absolute Gasteiger partial charge is 0.428 e. The van der Waals surface area contributed by atoms with Gasteiger partial charge in [0.25, 0.3) is 0 Å². The van der Waals surface area contributed by atoms with E-state index in [9.17, 15) is 18.0 Å². The predicted molar refractivity (Wildman–Crippen MR) is 92.8 cm³/mol. The van der Waals surface area contributed by atoms with E-state index in [-0.39, 0.29) is 5.56 Å². The molecule has 25 heavy (non-hydrogen) atoms. The lowest BCUT2D eigenvalue weighted by molar-refractivity contribution is -0.137. The Balaban J connectivity index is 2.19. The molecule has 0 amide bonds. The summed E-state index contributed by atoms with van der Waals surface area (Å²) < 4.78 is 43.4. The minimum atomic E-state index is -4.43. The smallest absolute Gasteiger partial charge is 0.416 e. The van der Waals surface area contributed by atoms with Gasteiger partial charge in [0, 0.05) is 10.5 Å². The summed E-state index contributed by atoms with van der Waals surface area (Å²) in [5, 5.41) is 0. The quantitative estimate of drug-likeness (QED) is 0.602. The lowest BCUT2D eigenvalue weighted by Gasteiger charge is -2.11. The van der Waals surface area contributed by atoms with E-state index in [1.165, 1.54) is 12.1 Å². The Bertz CT molecular complexity index is 956. The van der Waals surface area contributed by atoms with Gasteiger partial charge < -0.3 is 4.42 Å². The summed E-state index contributed by atoms with van der Waals surface area (Å²) in [6, 6.07) is 13.3. The molecule has 0 atom stereocenters. The molecule has 3 rings (SSSR count). The van der Waals surface area contributed by atoms with Crippen LogP contribution < -0.4 is 5.63 Å². The number of rotatable bonds is 2. The third-order valence-corrected chi connectivity index (χ3v) is 4.05. The van der Waals surface area contributed by atoms with Crippen molar-refractivity contribution >= 4 is 12.6 Å². The summed E-state index contributed by atoms with van der Waals surface area (Å²) in [4.78, 5) is 13.1. The van der Waals surface area contributed by atoms with E-state index in [2.05, 4.69) is 12.6 Å². The highest BCUT2D eigenvalue weighted by Crippen LogP contribution is 2.34. The van der Waals surface area contributed by atoms with Crippen LogP contribution in [-0.2, 0) is 6.18 Å². The third kappa shape index (κ3) is 3.64. The molecule has 6 heteroatoms. The molecule has 128 valence electrons. The standard InChI is InChI=1S/C19H13F3O2S/c1-11-10-16(12-4-8-15(25)9-5-12)17(18(23)24-11)13-2-6-14(7-3-13)19(20,21)22/h2-10,25H,1H3. The van der Waals surface area contributed by atoms with Crippen LogP contribution in [0.15, 0.2) is 68.7 Å². The molecule has 0 N–H and O–H groups in total. The van der Waals surface area contributed by atoms with Crippen molar-refractivity contribution in [1.82, 2.24) is 0 Å². The maximum absolute atomic E-state index is 12.7. The molecular formula is C19H13F3O2S. The van der Waals surface area contributed by atoms with Gasteiger partial charge in [-0.05, 0) is 48.4 Å². The molecule has 2 aromatic carbocycles. The molecule has 0 bridgehead atoms. The highest BCUT2D eigenvalue weighted by molar-refractivity contribution is 7.80. The Hall–Kier alpha value is -2.47. The van der Waals surface area contributed by atoms with E-state index in [1.54, 1.807) is 37.3 Å². The molecule has 1 heterocycles. The zero-order valence-corrected chi connectivity index (χ0v) is 14.0. The zero-order chi connectivity index (χ0) is 18.2. The van der Waals surface area contributed by atoms with Gasteiger partial charge >= 0.3 is 11.8 Å². The van der Waals surface area contributed by atoms with E-state index in [4.69, 9.17) is 4.42 Å². The lowest BCUT2D eigenvalue weighted by Crippen LogP contribution is -2.08. The molecule has 0 aliphatic carbocycles. The number of alkyl halides is 3. The first-order valence-electron chi connectivity index (χ1n) is 7.37. The van der Waals surface area contributed by atoms with Crippen molar-refractivity contribution in [3.8, 4) is 22.3 Å². The molecule has 0 unspecified atom stereocenters. The molecule has 2 nitrogen and oxygen atoms in total. The van der Waals surface area contributed by atoms with Gasteiger partial charge in [0.15, 0.2) is 0 Å². The molecule has 3 aromatic rings. The molecule has 0 saturated carbocycles. The van der Waals surface area contributed by atoms with Crippen LogP contribution in [0, 0.1) is 6.92 Å². The molecule has 0 aliphatic heterocycles. The van der Waals surface area contributed by atoms with Gasteiger partial charge in [0.1, 0.15) is 5.76 Å². The molecule has 0 saturated heterocycles. The summed E-state index contributed by atoms with van der Waals surface area (Å²) >= 11 is 4.23. The van der Waals surface area contributed by atoms with Crippen molar-refractivity contribution in [3.63, 3.8) is 0 Å². The van der Waals surface area contributed by atoms with Crippen molar-refractivity contribution in [2.24, 2.45) is 0 Å². The van der Waals surface area contributed by atoms with Gasteiger partial charge in [-0.15, -0.1) is 12.6 Å². The van der Waals surface area contributed by atoms with Crippen molar-refractivity contribution in [2.75, 3.05) is 0 Å². The first-order valence-corrected chi connectivity index (χ1v) is 7.82. The van der Waals surface area contributed by atoms with Crippen molar-refractivity contribution in [3.05, 3.63) is 76.3 Å². The van der Waals surface area contributed by atoms with Crippen LogP contribution in [0.2, 0.25) is 0 Å². The molecule has 0 spiro atoms. The number of benzene rings is 2. The van der Waals surface area contributed by atoms with E-state index in [0.717, 1.165) is 22.6 Å². The van der Waals surface area contributed by atoms with Gasteiger partial charge in [-0.25, -0.2) is 4.79 Å². The summed E-state index contributed by atoms with van der Waals surface area (Å²) in [5.74, 6) is 0.422. The molecule has 1 aromatic heterocycles. The Kier molecular flexibility index (Phi) is 4.47. The maximum Gasteiger partial charge on any atom is 0.416 e. The fraction of sp³-hybridized carbons (Fsp3) is 0.105. The third-order valence-electron chi connectivity index (χ3n) is 3.75. The maximum atomic E-state index is 12.7. The Morgan fingerprint density at radius 2 is 1.48 bits per heavy atom. The lowest BCUT2D eigenvalue weighted by atomic mass is 9.95. The second-order valence-electron chi connectivity index (χ2n) is 5.56. The van der Waals surface area contributed by atoms with Gasteiger partial charge in [-0.3, -0.25) is 0 Å². The average molecular weight is 362 g/mol. The molecule has 0 aliphatic rings. The minimum Gasteiger partial charge on any atom is -0.428 e. The number of halogens is 3. The van der Waals surface area contributed by atoms with Crippen molar-refractivity contribution in [2.45, 2.75) is 18.0 Å². The number of thiol groups is 1. The van der Waals surface area contributed by atoms with E-state index in [0.29, 0.717) is 16.9 Å². The SMILES string of the molecule is Cc1cc(-c2ccc(S)cc2)c(-c2ccc(C(F)(F)F)cc2)c(=O)o1. The number of hydrogen-bond acceptors (Lipinski definition) is 3. The molecular weight excluding hydrogens is 349 g/mol. The second-order valence-corrected chi connectivity index (χ2v) is 6.07. The van der Waals surface area contributed by atoms with Crippen LogP contribution in [0.1, 0.15) is 11.3 Å². The Morgan fingerprint density at radius 3 is 2.04 bits per heavy atom. The van der Waals surface area contributed by atoms with Crippen molar-refractivity contribution < 1.29 is 17.6 Å². The van der Waals surface area contributed by atoms with Crippen LogP contribution in [0.5, 0.6) is 0 Å². The number of aryl methyl sites for hydroxylation is 1. The second kappa shape index (κ2) is 6.44. The van der Waals surface area contributed by atoms with Crippen LogP contribution in [0.3, 0.4) is 0 Å². The van der Waals surface area contributed by atoms with Gasteiger partial charge in [0.05, 0.1) is 11.1 Å². The van der Waals surface area contributed by atoms with Crippen LogP contribution in [-0.4, -0.2) is 0 Å². The van der Waals surface area contributed by atoms with Gasteiger partial charge in [0.2, 0.25) is 0 Å². The summed E-state index contributed by atoms with van der Waals surface area (Å²) in [7, 11) is 0. The highest BCUT2D eigenvalue weighted by atomic mass is 32.1. The molecule has 0 radical (unpaired) electrons. The van der Waals surface area contributed by atoms with E-state index < -0.39 is 17.4 Å². The van der Waals surface area contributed by atoms with Crippen LogP contribution >= 0.6 is 12.6 Å². The van der Waals surface area contributed by atoms with Gasteiger partial charge in [-0.2, -0.15) is 13.2 Å². The average Bonchev–Trinajstić information content (AvgIpc) is 2.54. The van der Waals surface area contributed by atoms with Crippen molar-refractivity contribution in [1.29, 1.82) is 0 Å². The first-order chi connectivity index (χ1) is 11.8. The predicted octanol–water partition coefficient (Wildman–Crippen LogP) is 5.59. The summed E-state index contributed by atoms with van der Waals surface area (Å²) in [5.41, 5.74) is 0.585. The Morgan fingerprint density at radius 1 is 0.920 bits per heavy atom. The van der Waals surface area contributed by atoms with Crippen LogP contribution in [0.4, 0.5) is 13.2 Å².